The topological polar surface area (TPSA) is 29.4 Å². The molecular weight excluding hydrogens is 275 g/mol. The Morgan fingerprint density at radius 2 is 1.32 bits per heavy atom. The molecule has 0 aliphatic rings. The monoisotopic (exact) mass is 285 g/mol. The molecule has 0 N–H and O–H groups in total. The Morgan fingerprint density at radius 3 is 1.79 bits per heavy atom. The van der Waals surface area contributed by atoms with E-state index in [0.29, 0.717) is 0 Å². The highest BCUT2D eigenvalue weighted by Gasteiger charge is 2.44. The first-order valence-electron chi connectivity index (χ1n) is 5.37. The molecule has 2 aromatic carbocycles. The molecule has 0 bridgehead atoms. The lowest BCUT2D eigenvalue weighted by molar-refractivity contribution is -0.0402. The van der Waals surface area contributed by atoms with Crippen molar-refractivity contribution >= 4 is 15.4 Å². The number of benzene rings is 2. The van der Waals surface area contributed by atoms with Crippen molar-refractivity contribution in [3.8, 4) is 0 Å². The van der Waals surface area contributed by atoms with Crippen LogP contribution in [0.3, 0.4) is 0 Å². The SMILES string of the molecule is O=S(=Nc1ccccc1)(c1ccccc1)C(F)(F)F. The number of alkyl halides is 3. The summed E-state index contributed by atoms with van der Waals surface area (Å²) >= 11 is 0. The molecule has 0 saturated heterocycles. The van der Waals surface area contributed by atoms with Crippen LogP contribution in [0.25, 0.3) is 0 Å². The third-order valence-corrected chi connectivity index (χ3v) is 4.37. The molecular formula is C13H10F3NOS. The summed E-state index contributed by atoms with van der Waals surface area (Å²) in [6.45, 7) is 0. The largest absolute Gasteiger partial charge is 0.484 e. The standard InChI is InChI=1S/C13H10F3NOS/c14-13(15,16)19(18,12-9-5-2-6-10-12)17-11-7-3-1-4-8-11/h1-10H. The fourth-order valence-corrected chi connectivity index (χ4v) is 2.90. The Hall–Kier alpha value is -1.82. The molecule has 2 nitrogen and oxygen atoms in total. The van der Waals surface area contributed by atoms with Crippen molar-refractivity contribution in [3.63, 3.8) is 0 Å². The lowest BCUT2D eigenvalue weighted by Gasteiger charge is -2.13. The molecule has 19 heavy (non-hydrogen) atoms. The van der Waals surface area contributed by atoms with Crippen LogP contribution < -0.4 is 0 Å². The number of hydrogen-bond acceptors (Lipinski definition) is 2. The van der Waals surface area contributed by atoms with E-state index in [0.717, 1.165) is 0 Å². The molecule has 1 unspecified atom stereocenters. The zero-order valence-electron chi connectivity index (χ0n) is 9.67. The minimum absolute atomic E-state index is 0.0358. The van der Waals surface area contributed by atoms with Gasteiger partial charge in [-0.1, -0.05) is 36.4 Å². The van der Waals surface area contributed by atoms with Crippen molar-refractivity contribution in [1.29, 1.82) is 0 Å². The summed E-state index contributed by atoms with van der Waals surface area (Å²) in [6, 6.07) is 14.2. The average molecular weight is 285 g/mol. The first kappa shape index (κ1) is 13.6. The van der Waals surface area contributed by atoms with Crippen molar-refractivity contribution in [2.45, 2.75) is 10.4 Å². The number of halogens is 3. The zero-order chi connectivity index (χ0) is 13.9. The highest BCUT2D eigenvalue weighted by molar-refractivity contribution is 7.94. The molecule has 0 aromatic heterocycles. The Bertz CT molecular complexity index is 659. The van der Waals surface area contributed by atoms with E-state index in [9.17, 15) is 17.4 Å². The second-order valence-electron chi connectivity index (χ2n) is 3.71. The first-order valence-corrected chi connectivity index (χ1v) is 6.88. The molecule has 0 amide bonds. The summed E-state index contributed by atoms with van der Waals surface area (Å²) in [5, 5.41) is 0. The van der Waals surface area contributed by atoms with Crippen LogP contribution >= 0.6 is 0 Å². The maximum absolute atomic E-state index is 13.1. The Kier molecular flexibility index (Phi) is 3.61. The highest BCUT2D eigenvalue weighted by Crippen LogP contribution is 2.34. The second kappa shape index (κ2) is 5.05. The summed E-state index contributed by atoms with van der Waals surface area (Å²) in [5.74, 6) is 0. The molecule has 0 radical (unpaired) electrons. The van der Waals surface area contributed by atoms with Gasteiger partial charge in [-0.2, -0.15) is 17.5 Å². The van der Waals surface area contributed by atoms with Gasteiger partial charge in [0.1, 0.15) is 0 Å². The third kappa shape index (κ3) is 2.78. The normalized spacial score (nSPS) is 14.7. The molecule has 6 heteroatoms. The van der Waals surface area contributed by atoms with Gasteiger partial charge in [0, 0.05) is 0 Å². The first-order chi connectivity index (χ1) is 8.93. The lowest BCUT2D eigenvalue weighted by Crippen LogP contribution is -2.22. The Balaban J connectivity index is 2.68. The van der Waals surface area contributed by atoms with Crippen LogP contribution in [0.15, 0.2) is 69.9 Å². The van der Waals surface area contributed by atoms with Gasteiger partial charge < -0.3 is 0 Å². The number of rotatable bonds is 2. The van der Waals surface area contributed by atoms with Gasteiger partial charge in [-0.25, -0.2) is 4.21 Å². The van der Waals surface area contributed by atoms with Gasteiger partial charge in [-0.15, -0.1) is 0 Å². The van der Waals surface area contributed by atoms with Crippen LogP contribution in [-0.2, 0) is 9.73 Å². The molecule has 0 heterocycles. The van der Waals surface area contributed by atoms with Crippen LogP contribution in [0.2, 0.25) is 0 Å². The van der Waals surface area contributed by atoms with Crippen LogP contribution in [0, 0.1) is 0 Å². The van der Waals surface area contributed by atoms with Gasteiger partial charge in [0.2, 0.25) is 0 Å². The van der Waals surface area contributed by atoms with E-state index in [1.54, 1.807) is 24.3 Å². The van der Waals surface area contributed by atoms with Gasteiger partial charge in [-0.05, 0) is 24.3 Å². The molecule has 2 aromatic rings. The van der Waals surface area contributed by atoms with Crippen LogP contribution in [0.4, 0.5) is 18.9 Å². The van der Waals surface area contributed by atoms with Crippen molar-refractivity contribution < 1.29 is 17.4 Å². The van der Waals surface area contributed by atoms with E-state index in [2.05, 4.69) is 4.36 Å². The van der Waals surface area contributed by atoms with E-state index in [1.165, 1.54) is 36.4 Å². The Morgan fingerprint density at radius 1 is 0.842 bits per heavy atom. The summed E-state index contributed by atoms with van der Waals surface area (Å²) in [4.78, 5) is -0.341. The minimum Gasteiger partial charge on any atom is -0.235 e. The van der Waals surface area contributed by atoms with Gasteiger partial charge in [0.25, 0.3) is 0 Å². The fraction of sp³-hybridized carbons (Fsp3) is 0.0769. The molecule has 2 rings (SSSR count). The quantitative estimate of drug-likeness (QED) is 0.805. The molecule has 0 aliphatic heterocycles. The summed E-state index contributed by atoms with van der Waals surface area (Å²) < 4.78 is 55.0. The van der Waals surface area contributed by atoms with Crippen molar-refractivity contribution in [1.82, 2.24) is 0 Å². The maximum atomic E-state index is 13.1. The number of nitrogens with zero attached hydrogens (tertiary/aromatic N) is 1. The average Bonchev–Trinajstić information content (AvgIpc) is 2.39. The third-order valence-electron chi connectivity index (χ3n) is 2.37. The minimum atomic E-state index is -4.93. The smallest absolute Gasteiger partial charge is 0.235 e. The molecule has 0 spiro atoms. The van der Waals surface area contributed by atoms with Gasteiger partial charge in [0.05, 0.1) is 10.6 Å². The van der Waals surface area contributed by atoms with Crippen LogP contribution in [0.1, 0.15) is 0 Å². The van der Waals surface area contributed by atoms with Crippen LogP contribution in [-0.4, -0.2) is 9.72 Å². The zero-order valence-corrected chi connectivity index (χ0v) is 10.5. The molecule has 1 atom stereocenters. The molecule has 100 valence electrons. The Labute approximate surface area is 109 Å². The van der Waals surface area contributed by atoms with Crippen LogP contribution in [0.5, 0.6) is 0 Å². The van der Waals surface area contributed by atoms with Crippen molar-refractivity contribution in [3.05, 3.63) is 60.7 Å². The van der Waals surface area contributed by atoms with Gasteiger partial charge in [-0.3, -0.25) is 0 Å². The maximum Gasteiger partial charge on any atom is 0.484 e. The van der Waals surface area contributed by atoms with Gasteiger partial charge in [0.15, 0.2) is 9.73 Å². The van der Waals surface area contributed by atoms with E-state index < -0.39 is 15.2 Å². The van der Waals surface area contributed by atoms with E-state index >= 15 is 0 Å². The van der Waals surface area contributed by atoms with E-state index in [-0.39, 0.29) is 10.6 Å². The second-order valence-corrected chi connectivity index (χ2v) is 5.88. The lowest BCUT2D eigenvalue weighted by atomic mass is 10.3. The molecule has 0 aliphatic carbocycles. The predicted molar refractivity (Wildman–Crippen MR) is 67.4 cm³/mol. The van der Waals surface area contributed by atoms with Crippen molar-refractivity contribution in [2.75, 3.05) is 0 Å². The predicted octanol–water partition coefficient (Wildman–Crippen LogP) is 4.37. The highest BCUT2D eigenvalue weighted by atomic mass is 32.2. The summed E-state index contributed by atoms with van der Waals surface area (Å²) in [7, 11) is -4.51. The van der Waals surface area contributed by atoms with E-state index in [1.807, 2.05) is 0 Å². The fourth-order valence-electron chi connectivity index (χ4n) is 1.48. The summed E-state index contributed by atoms with van der Waals surface area (Å²) in [5.41, 5.74) is -4.89. The molecule has 0 saturated carbocycles. The summed E-state index contributed by atoms with van der Waals surface area (Å²) in [6.07, 6.45) is 0. The van der Waals surface area contributed by atoms with Gasteiger partial charge >= 0.3 is 5.51 Å². The van der Waals surface area contributed by atoms with E-state index in [4.69, 9.17) is 0 Å². The number of hydrogen-bond donors (Lipinski definition) is 0. The van der Waals surface area contributed by atoms with Crippen molar-refractivity contribution in [2.24, 2.45) is 4.36 Å². The molecule has 0 fully saturated rings.